The van der Waals surface area contributed by atoms with Crippen LogP contribution in [0.3, 0.4) is 0 Å². The van der Waals surface area contributed by atoms with Crippen molar-refractivity contribution in [2.24, 2.45) is 17.6 Å². The Morgan fingerprint density at radius 3 is 2.58 bits per heavy atom. The van der Waals surface area contributed by atoms with Crippen molar-refractivity contribution >= 4 is 18.4 Å². The molecule has 1 fully saturated rings. The van der Waals surface area contributed by atoms with Gasteiger partial charge < -0.3 is 10.5 Å². The standard InChI is InChI=1S/C8H13NO2.ClH/c1-3-11-8(10)7-4-6(7)5(2)9;/h6-7H,2-4,9H2,1H3;1H. The van der Waals surface area contributed by atoms with Gasteiger partial charge in [0.15, 0.2) is 0 Å². The maximum atomic E-state index is 11.0. The lowest BCUT2D eigenvalue weighted by atomic mass is 10.3. The van der Waals surface area contributed by atoms with E-state index in [-0.39, 0.29) is 30.2 Å². The number of hydrogen-bond donors (Lipinski definition) is 1. The van der Waals surface area contributed by atoms with Crippen LogP contribution in [-0.4, -0.2) is 12.6 Å². The maximum absolute atomic E-state index is 11.0. The first kappa shape index (κ1) is 11.3. The summed E-state index contributed by atoms with van der Waals surface area (Å²) < 4.78 is 4.81. The monoisotopic (exact) mass is 191 g/mol. The molecule has 0 heterocycles. The van der Waals surface area contributed by atoms with Gasteiger partial charge in [0.05, 0.1) is 12.5 Å². The summed E-state index contributed by atoms with van der Waals surface area (Å²) in [5.74, 6) is 0.0330. The van der Waals surface area contributed by atoms with Gasteiger partial charge in [-0.25, -0.2) is 0 Å². The van der Waals surface area contributed by atoms with E-state index >= 15 is 0 Å². The average Bonchev–Trinajstić information content (AvgIpc) is 2.65. The minimum atomic E-state index is -0.135. The Balaban J connectivity index is 0.00000121. The van der Waals surface area contributed by atoms with Crippen molar-refractivity contribution in [1.82, 2.24) is 0 Å². The molecule has 1 rings (SSSR count). The topological polar surface area (TPSA) is 52.3 Å². The molecule has 2 N–H and O–H groups in total. The number of rotatable bonds is 3. The summed E-state index contributed by atoms with van der Waals surface area (Å²) in [6.07, 6.45) is 0.814. The van der Waals surface area contributed by atoms with Crippen molar-refractivity contribution in [3.8, 4) is 0 Å². The molecule has 0 spiro atoms. The molecule has 0 aromatic rings. The van der Waals surface area contributed by atoms with Gasteiger partial charge in [-0.05, 0) is 13.3 Å². The first-order chi connectivity index (χ1) is 5.16. The number of carbonyl (C=O) groups is 1. The zero-order valence-corrected chi connectivity index (χ0v) is 7.89. The number of halogens is 1. The molecule has 0 saturated heterocycles. The summed E-state index contributed by atoms with van der Waals surface area (Å²) in [6.45, 7) is 5.82. The van der Waals surface area contributed by atoms with Crippen molar-refractivity contribution in [2.45, 2.75) is 13.3 Å². The minimum absolute atomic E-state index is 0. The first-order valence-electron chi connectivity index (χ1n) is 3.77. The second-order valence-corrected chi connectivity index (χ2v) is 2.78. The molecule has 0 bridgehead atoms. The second-order valence-electron chi connectivity index (χ2n) is 2.78. The fourth-order valence-electron chi connectivity index (χ4n) is 1.11. The van der Waals surface area contributed by atoms with Gasteiger partial charge in [-0.1, -0.05) is 6.58 Å². The van der Waals surface area contributed by atoms with E-state index in [0.29, 0.717) is 12.3 Å². The van der Waals surface area contributed by atoms with Crippen LogP contribution in [0.4, 0.5) is 0 Å². The molecule has 0 aromatic heterocycles. The lowest BCUT2D eigenvalue weighted by Gasteiger charge is -1.99. The Labute approximate surface area is 78.4 Å². The van der Waals surface area contributed by atoms with Crippen LogP contribution in [0.5, 0.6) is 0 Å². The quantitative estimate of drug-likeness (QED) is 0.680. The van der Waals surface area contributed by atoms with Crippen LogP contribution in [0.1, 0.15) is 13.3 Å². The van der Waals surface area contributed by atoms with E-state index in [9.17, 15) is 4.79 Å². The normalized spacial score (nSPS) is 25.4. The van der Waals surface area contributed by atoms with Crippen LogP contribution in [-0.2, 0) is 9.53 Å². The number of hydrogen-bond acceptors (Lipinski definition) is 3. The highest BCUT2D eigenvalue weighted by Crippen LogP contribution is 2.42. The Morgan fingerprint density at radius 2 is 2.25 bits per heavy atom. The van der Waals surface area contributed by atoms with Crippen molar-refractivity contribution in [1.29, 1.82) is 0 Å². The first-order valence-corrected chi connectivity index (χ1v) is 3.77. The molecule has 4 heteroatoms. The van der Waals surface area contributed by atoms with Gasteiger partial charge in [-0.2, -0.15) is 0 Å². The van der Waals surface area contributed by atoms with Crippen molar-refractivity contribution in [2.75, 3.05) is 6.61 Å². The highest BCUT2D eigenvalue weighted by atomic mass is 35.5. The van der Waals surface area contributed by atoms with Crippen LogP contribution < -0.4 is 5.73 Å². The van der Waals surface area contributed by atoms with Crippen molar-refractivity contribution in [3.63, 3.8) is 0 Å². The minimum Gasteiger partial charge on any atom is -0.466 e. The second kappa shape index (κ2) is 4.36. The summed E-state index contributed by atoms with van der Waals surface area (Å²) in [5.41, 5.74) is 6.02. The summed E-state index contributed by atoms with van der Waals surface area (Å²) in [6, 6.07) is 0. The molecule has 0 radical (unpaired) electrons. The molecule has 70 valence electrons. The summed E-state index contributed by atoms with van der Waals surface area (Å²) in [7, 11) is 0. The Kier molecular flexibility index (Phi) is 4.10. The predicted molar refractivity (Wildman–Crippen MR) is 48.8 cm³/mol. The van der Waals surface area contributed by atoms with E-state index in [0.717, 1.165) is 6.42 Å². The molecular weight excluding hydrogens is 178 g/mol. The molecule has 2 atom stereocenters. The number of esters is 1. The van der Waals surface area contributed by atoms with E-state index in [2.05, 4.69) is 6.58 Å². The van der Waals surface area contributed by atoms with Gasteiger partial charge in [-0.15, -0.1) is 12.4 Å². The van der Waals surface area contributed by atoms with Gasteiger partial charge in [0.25, 0.3) is 0 Å². The van der Waals surface area contributed by atoms with Gasteiger partial charge in [0.1, 0.15) is 0 Å². The molecular formula is C8H14ClNO2. The van der Waals surface area contributed by atoms with E-state index in [1.807, 2.05) is 0 Å². The maximum Gasteiger partial charge on any atom is 0.309 e. The smallest absolute Gasteiger partial charge is 0.309 e. The number of ether oxygens (including phenoxy) is 1. The summed E-state index contributed by atoms with van der Waals surface area (Å²) in [4.78, 5) is 11.0. The lowest BCUT2D eigenvalue weighted by Crippen LogP contribution is -2.09. The molecule has 0 amide bonds. The van der Waals surface area contributed by atoms with Gasteiger partial charge >= 0.3 is 5.97 Å². The lowest BCUT2D eigenvalue weighted by molar-refractivity contribution is -0.144. The molecule has 1 aliphatic carbocycles. The number of nitrogens with two attached hydrogens (primary N) is 1. The Hall–Kier alpha value is -0.700. The largest absolute Gasteiger partial charge is 0.466 e. The van der Waals surface area contributed by atoms with Crippen LogP contribution >= 0.6 is 12.4 Å². The van der Waals surface area contributed by atoms with E-state index in [4.69, 9.17) is 10.5 Å². The summed E-state index contributed by atoms with van der Waals surface area (Å²) in [5, 5.41) is 0. The van der Waals surface area contributed by atoms with E-state index in [1.54, 1.807) is 6.92 Å². The molecule has 1 saturated carbocycles. The molecule has 1 aliphatic rings. The molecule has 12 heavy (non-hydrogen) atoms. The van der Waals surface area contributed by atoms with Crippen LogP contribution in [0.15, 0.2) is 12.3 Å². The molecule has 0 aliphatic heterocycles. The third-order valence-corrected chi connectivity index (χ3v) is 1.86. The Bertz CT molecular complexity index is 193. The van der Waals surface area contributed by atoms with Crippen LogP contribution in [0, 0.1) is 11.8 Å². The molecule has 2 unspecified atom stereocenters. The summed E-state index contributed by atoms with van der Waals surface area (Å²) >= 11 is 0. The van der Waals surface area contributed by atoms with Crippen LogP contribution in [0.2, 0.25) is 0 Å². The molecule has 3 nitrogen and oxygen atoms in total. The van der Waals surface area contributed by atoms with Crippen molar-refractivity contribution in [3.05, 3.63) is 12.3 Å². The number of allylic oxidation sites excluding steroid dienone is 1. The highest BCUT2D eigenvalue weighted by molar-refractivity contribution is 5.85. The third-order valence-electron chi connectivity index (χ3n) is 1.86. The number of carbonyl (C=O) groups excluding carboxylic acids is 1. The Morgan fingerprint density at radius 1 is 1.67 bits per heavy atom. The van der Waals surface area contributed by atoms with E-state index in [1.165, 1.54) is 0 Å². The van der Waals surface area contributed by atoms with Crippen LogP contribution in [0.25, 0.3) is 0 Å². The average molecular weight is 192 g/mol. The van der Waals surface area contributed by atoms with Gasteiger partial charge in [0.2, 0.25) is 0 Å². The van der Waals surface area contributed by atoms with Gasteiger partial charge in [-0.3, -0.25) is 4.79 Å². The van der Waals surface area contributed by atoms with Gasteiger partial charge in [0, 0.05) is 11.6 Å². The zero-order chi connectivity index (χ0) is 8.43. The highest BCUT2D eigenvalue weighted by Gasteiger charge is 2.45. The SMILES string of the molecule is C=C(N)C1CC1C(=O)OCC.Cl. The van der Waals surface area contributed by atoms with E-state index < -0.39 is 0 Å². The fourth-order valence-corrected chi connectivity index (χ4v) is 1.11. The fraction of sp³-hybridized carbons (Fsp3) is 0.625. The molecule has 0 aromatic carbocycles. The zero-order valence-electron chi connectivity index (χ0n) is 7.08. The predicted octanol–water partition coefficient (Wildman–Crippen LogP) is 1.08. The van der Waals surface area contributed by atoms with Crippen molar-refractivity contribution < 1.29 is 9.53 Å². The third kappa shape index (κ3) is 2.41.